The van der Waals surface area contributed by atoms with Crippen LogP contribution in [0.3, 0.4) is 0 Å². The summed E-state index contributed by atoms with van der Waals surface area (Å²) in [6.45, 7) is 6.12. The minimum absolute atomic E-state index is 0.0133. The summed E-state index contributed by atoms with van der Waals surface area (Å²) in [5.41, 5.74) is 6.11. The van der Waals surface area contributed by atoms with Gasteiger partial charge in [0.2, 0.25) is 17.7 Å². The second-order valence-electron chi connectivity index (χ2n) is 11.6. The monoisotopic (exact) mass is 694 g/mol. The van der Waals surface area contributed by atoms with Gasteiger partial charge in [0, 0.05) is 30.9 Å². The molecule has 17 nitrogen and oxygen atoms in total. The van der Waals surface area contributed by atoms with Crippen molar-refractivity contribution in [1.29, 1.82) is 0 Å². The van der Waals surface area contributed by atoms with Crippen LogP contribution < -0.4 is 27.0 Å². The number of esters is 1. The highest BCUT2D eigenvalue weighted by molar-refractivity contribution is 7.87. The summed E-state index contributed by atoms with van der Waals surface area (Å²) < 4.78 is 39.1. The molecule has 3 atom stereocenters. The zero-order valence-electron chi connectivity index (χ0n) is 27.1. The van der Waals surface area contributed by atoms with Crippen molar-refractivity contribution in [2.75, 3.05) is 18.4 Å². The number of hydrogen-bond donors (Lipinski definition) is 6. The van der Waals surface area contributed by atoms with E-state index in [9.17, 15) is 46.5 Å². The first-order chi connectivity index (χ1) is 22.4. The molecule has 2 rings (SSSR count). The molecule has 0 radical (unpaired) electrons. The molecule has 1 aliphatic rings. The summed E-state index contributed by atoms with van der Waals surface area (Å²) in [5.74, 6) is -5.50. The van der Waals surface area contributed by atoms with E-state index in [1.54, 1.807) is 52.0 Å². The summed E-state index contributed by atoms with van der Waals surface area (Å²) in [6, 6.07) is 3.03. The molecule has 1 aliphatic heterocycles. The predicted octanol–water partition coefficient (Wildman–Crippen LogP) is -0.0301. The number of primary amides is 1. The third-order valence-corrected chi connectivity index (χ3v) is 8.26. The molecule has 0 saturated carbocycles. The van der Waals surface area contributed by atoms with E-state index in [1.807, 2.05) is 0 Å². The Morgan fingerprint density at radius 3 is 2.02 bits per heavy atom. The first kappa shape index (κ1) is 39.3. The van der Waals surface area contributed by atoms with Crippen LogP contribution in [0.25, 0.3) is 0 Å². The number of rotatable bonds is 18. The number of carbonyl (C=O) groups is 7. The number of nitrogens with zero attached hydrogens (tertiary/aromatic N) is 1. The number of urea groups is 1. The fourth-order valence-electron chi connectivity index (χ4n) is 4.38. The van der Waals surface area contributed by atoms with Gasteiger partial charge in [-0.05, 0) is 42.9 Å². The zero-order valence-corrected chi connectivity index (χ0v) is 27.9. The molecular weight excluding hydrogens is 652 g/mol. The summed E-state index contributed by atoms with van der Waals surface area (Å²) in [5, 5.41) is 7.77. The van der Waals surface area contributed by atoms with Crippen molar-refractivity contribution in [3.05, 3.63) is 42.0 Å². The van der Waals surface area contributed by atoms with Crippen LogP contribution in [0, 0.1) is 11.8 Å². The third-order valence-electron chi connectivity index (χ3n) is 7.09. The Morgan fingerprint density at radius 2 is 1.50 bits per heavy atom. The molecular formula is C30H42N6O11S. The van der Waals surface area contributed by atoms with Gasteiger partial charge >= 0.3 is 12.0 Å². The number of hydrogen-bond acceptors (Lipinski definition) is 10. The number of ether oxygens (including phenoxy) is 1. The lowest BCUT2D eigenvalue weighted by Crippen LogP contribution is -2.56. The molecule has 1 aromatic carbocycles. The van der Waals surface area contributed by atoms with Crippen molar-refractivity contribution >= 4 is 57.3 Å². The van der Waals surface area contributed by atoms with Crippen LogP contribution >= 0.6 is 0 Å². The van der Waals surface area contributed by atoms with E-state index in [1.165, 1.54) is 0 Å². The van der Waals surface area contributed by atoms with Gasteiger partial charge in [0.05, 0.1) is 5.92 Å². The van der Waals surface area contributed by atoms with E-state index in [0.29, 0.717) is 16.2 Å². The molecule has 7 N–H and O–H groups in total. The summed E-state index contributed by atoms with van der Waals surface area (Å²) in [6.07, 6.45) is 1.52. The van der Waals surface area contributed by atoms with Crippen LogP contribution in [-0.4, -0.2) is 89.8 Å². The molecule has 0 aliphatic carbocycles. The van der Waals surface area contributed by atoms with Crippen LogP contribution in [0.15, 0.2) is 36.4 Å². The SMILES string of the molecule is CC(C)C(=O)OCc1ccc(NC(=O)[C@H](CCCNC(N)=O)NC(=O)[C@@H](NC(=O)[C@@H](CCN2C(=O)C=CC2=O)S(=O)(=O)O)C(C)C)cc1. The van der Waals surface area contributed by atoms with Crippen molar-refractivity contribution < 1.29 is 51.3 Å². The maximum Gasteiger partial charge on any atom is 0.312 e. The topological polar surface area (TPSA) is 260 Å². The van der Waals surface area contributed by atoms with Gasteiger partial charge in [-0.3, -0.25) is 38.2 Å². The number of benzene rings is 1. The number of imide groups is 1. The van der Waals surface area contributed by atoms with Gasteiger partial charge in [0.25, 0.3) is 21.9 Å². The number of amides is 7. The van der Waals surface area contributed by atoms with Gasteiger partial charge in [0.1, 0.15) is 18.7 Å². The van der Waals surface area contributed by atoms with Gasteiger partial charge in [-0.15, -0.1) is 0 Å². The molecule has 7 amide bonds. The van der Waals surface area contributed by atoms with Crippen LogP contribution in [0.5, 0.6) is 0 Å². The Hall–Kier alpha value is -4.84. The molecule has 18 heteroatoms. The second kappa shape index (κ2) is 17.9. The first-order valence-electron chi connectivity index (χ1n) is 15.1. The Balaban J connectivity index is 2.16. The number of carbonyl (C=O) groups excluding carboxylic acids is 7. The molecule has 0 bridgehead atoms. The maximum atomic E-state index is 13.4. The third kappa shape index (κ3) is 12.4. The lowest BCUT2D eigenvalue weighted by molar-refractivity contribution is -0.148. The van der Waals surface area contributed by atoms with E-state index >= 15 is 0 Å². The van der Waals surface area contributed by atoms with E-state index in [-0.39, 0.29) is 37.9 Å². The van der Waals surface area contributed by atoms with Gasteiger partial charge in [-0.2, -0.15) is 8.42 Å². The molecule has 264 valence electrons. The number of nitrogens with one attached hydrogen (secondary N) is 4. The van der Waals surface area contributed by atoms with Gasteiger partial charge < -0.3 is 31.7 Å². The van der Waals surface area contributed by atoms with Crippen LogP contribution in [0.2, 0.25) is 0 Å². The van der Waals surface area contributed by atoms with Crippen molar-refractivity contribution in [2.24, 2.45) is 17.6 Å². The Morgan fingerprint density at radius 1 is 0.896 bits per heavy atom. The van der Waals surface area contributed by atoms with Crippen LogP contribution in [-0.2, 0) is 50.2 Å². The van der Waals surface area contributed by atoms with Crippen molar-refractivity contribution in [1.82, 2.24) is 20.9 Å². The minimum atomic E-state index is -5.04. The fraction of sp³-hybridized carbons (Fsp3) is 0.500. The molecule has 0 spiro atoms. The Bertz CT molecular complexity index is 1490. The highest BCUT2D eigenvalue weighted by atomic mass is 32.2. The van der Waals surface area contributed by atoms with E-state index in [0.717, 1.165) is 12.2 Å². The summed E-state index contributed by atoms with van der Waals surface area (Å²) >= 11 is 0. The summed E-state index contributed by atoms with van der Waals surface area (Å²) in [7, 11) is -5.04. The Kier molecular flexibility index (Phi) is 14.7. The molecule has 1 heterocycles. The minimum Gasteiger partial charge on any atom is -0.461 e. The molecule has 0 aromatic heterocycles. The lowest BCUT2D eigenvalue weighted by atomic mass is 10.0. The maximum absolute atomic E-state index is 13.4. The average Bonchev–Trinajstić information content (AvgIpc) is 3.32. The van der Waals surface area contributed by atoms with E-state index in [2.05, 4.69) is 21.3 Å². The predicted molar refractivity (Wildman–Crippen MR) is 171 cm³/mol. The normalized spacial score (nSPS) is 14.8. The molecule has 0 saturated heterocycles. The standard InChI is InChI=1S/C30H42N6O11S/c1-17(2)25(35-27(40)22(48(44,45)46)13-15-36-23(37)11-12-24(36)38)28(41)34-21(6-5-14-32-30(31)43)26(39)33-20-9-7-19(8-10-20)16-47-29(42)18(3)4/h7-12,17-18,21-22,25H,5-6,13-16H2,1-4H3,(H,33,39)(H,34,41)(H,35,40)(H3,31,32,43)(H,44,45,46)/t21-,22+,25-/m0/s1. The van der Waals surface area contributed by atoms with E-state index in [4.69, 9.17) is 10.5 Å². The van der Waals surface area contributed by atoms with Gasteiger partial charge in [-0.1, -0.05) is 39.8 Å². The number of anilines is 1. The fourth-order valence-corrected chi connectivity index (χ4v) is 5.12. The zero-order chi connectivity index (χ0) is 36.2. The van der Waals surface area contributed by atoms with Crippen molar-refractivity contribution in [3.63, 3.8) is 0 Å². The second-order valence-corrected chi connectivity index (χ2v) is 13.2. The quantitative estimate of drug-likeness (QED) is 0.0514. The van der Waals surface area contributed by atoms with Crippen molar-refractivity contribution in [3.8, 4) is 0 Å². The average molecular weight is 695 g/mol. The Labute approximate surface area is 278 Å². The van der Waals surface area contributed by atoms with Gasteiger partial charge in [-0.25, -0.2) is 4.79 Å². The molecule has 0 unspecified atom stereocenters. The first-order valence-corrected chi connectivity index (χ1v) is 16.6. The molecule has 0 fully saturated rings. The van der Waals surface area contributed by atoms with Crippen molar-refractivity contribution in [2.45, 2.75) is 70.9 Å². The van der Waals surface area contributed by atoms with E-state index < -0.39 is 81.9 Å². The smallest absolute Gasteiger partial charge is 0.312 e. The summed E-state index contributed by atoms with van der Waals surface area (Å²) in [4.78, 5) is 87.0. The highest BCUT2D eigenvalue weighted by Crippen LogP contribution is 2.15. The van der Waals surface area contributed by atoms with Crippen LogP contribution in [0.1, 0.15) is 52.5 Å². The number of nitrogens with two attached hydrogens (primary N) is 1. The van der Waals surface area contributed by atoms with Crippen LogP contribution in [0.4, 0.5) is 10.5 Å². The lowest BCUT2D eigenvalue weighted by Gasteiger charge is -2.27. The highest BCUT2D eigenvalue weighted by Gasteiger charge is 2.37. The molecule has 1 aromatic rings. The largest absolute Gasteiger partial charge is 0.461 e. The van der Waals surface area contributed by atoms with Gasteiger partial charge in [0.15, 0.2) is 5.25 Å². The molecule has 48 heavy (non-hydrogen) atoms.